The molecule has 1 aromatic heterocycles. The molecule has 28 heavy (non-hydrogen) atoms. The standard InChI is InChI=1S/C22H24N4O2/c1-15-7-8-16(2)19(11-15)26-22(27)20-13-21(25-14-24-20)23-10-9-17-5-4-6-18(12-17)28-3/h4-8,11-14H,9-10H2,1-3H3,(H,26,27)(H,23,24,25). The van der Waals surface area contributed by atoms with Gasteiger partial charge in [-0.3, -0.25) is 4.79 Å². The van der Waals surface area contributed by atoms with Gasteiger partial charge in [-0.15, -0.1) is 0 Å². The van der Waals surface area contributed by atoms with Crippen molar-refractivity contribution in [1.29, 1.82) is 0 Å². The van der Waals surface area contributed by atoms with Crippen LogP contribution in [0.3, 0.4) is 0 Å². The van der Waals surface area contributed by atoms with Crippen LogP contribution in [-0.2, 0) is 6.42 Å². The van der Waals surface area contributed by atoms with Crippen LogP contribution >= 0.6 is 0 Å². The van der Waals surface area contributed by atoms with Gasteiger partial charge in [-0.2, -0.15) is 0 Å². The molecule has 2 N–H and O–H groups in total. The molecule has 0 fully saturated rings. The highest BCUT2D eigenvalue weighted by Gasteiger charge is 2.11. The highest BCUT2D eigenvalue weighted by atomic mass is 16.5. The minimum Gasteiger partial charge on any atom is -0.497 e. The van der Waals surface area contributed by atoms with E-state index in [2.05, 4.69) is 20.6 Å². The molecule has 0 spiro atoms. The van der Waals surface area contributed by atoms with Gasteiger partial charge in [0.25, 0.3) is 5.91 Å². The molecule has 2 aromatic carbocycles. The first-order valence-corrected chi connectivity index (χ1v) is 9.12. The van der Waals surface area contributed by atoms with E-state index in [1.165, 1.54) is 6.33 Å². The fourth-order valence-electron chi connectivity index (χ4n) is 2.80. The Morgan fingerprint density at radius 2 is 1.93 bits per heavy atom. The molecule has 6 nitrogen and oxygen atoms in total. The first-order chi connectivity index (χ1) is 13.5. The number of amides is 1. The molecule has 1 amide bonds. The molecule has 3 aromatic rings. The van der Waals surface area contributed by atoms with Gasteiger partial charge < -0.3 is 15.4 Å². The SMILES string of the molecule is COc1cccc(CCNc2cc(C(=O)Nc3cc(C)ccc3C)ncn2)c1. The third-order valence-electron chi connectivity index (χ3n) is 4.39. The molecular formula is C22H24N4O2. The number of methoxy groups -OCH3 is 1. The van der Waals surface area contributed by atoms with Crippen LogP contribution in [-0.4, -0.2) is 29.5 Å². The van der Waals surface area contributed by atoms with E-state index in [4.69, 9.17) is 4.74 Å². The van der Waals surface area contributed by atoms with Crippen molar-refractivity contribution < 1.29 is 9.53 Å². The molecule has 144 valence electrons. The summed E-state index contributed by atoms with van der Waals surface area (Å²) in [5, 5.41) is 6.16. The van der Waals surface area contributed by atoms with Crippen molar-refractivity contribution in [3.8, 4) is 5.75 Å². The summed E-state index contributed by atoms with van der Waals surface area (Å²) < 4.78 is 5.24. The van der Waals surface area contributed by atoms with Gasteiger partial charge in [-0.05, 0) is 55.2 Å². The molecule has 6 heteroatoms. The molecule has 0 saturated heterocycles. The second kappa shape index (κ2) is 8.99. The van der Waals surface area contributed by atoms with Crippen LogP contribution < -0.4 is 15.4 Å². The lowest BCUT2D eigenvalue weighted by Gasteiger charge is -2.10. The monoisotopic (exact) mass is 376 g/mol. The number of nitrogens with zero attached hydrogens (tertiary/aromatic N) is 2. The molecule has 1 heterocycles. The van der Waals surface area contributed by atoms with E-state index in [1.807, 2.05) is 56.3 Å². The van der Waals surface area contributed by atoms with Crippen molar-refractivity contribution in [1.82, 2.24) is 9.97 Å². The Hall–Kier alpha value is -3.41. The highest BCUT2D eigenvalue weighted by Crippen LogP contribution is 2.18. The maximum Gasteiger partial charge on any atom is 0.274 e. The molecule has 0 atom stereocenters. The van der Waals surface area contributed by atoms with Gasteiger partial charge in [-0.1, -0.05) is 24.3 Å². The minimum absolute atomic E-state index is 0.257. The average molecular weight is 376 g/mol. The lowest BCUT2D eigenvalue weighted by Crippen LogP contribution is -2.16. The predicted molar refractivity (Wildman–Crippen MR) is 111 cm³/mol. The van der Waals surface area contributed by atoms with Crippen LogP contribution in [0.15, 0.2) is 54.9 Å². The summed E-state index contributed by atoms with van der Waals surface area (Å²) in [6, 6.07) is 15.5. The van der Waals surface area contributed by atoms with Gasteiger partial charge in [0.2, 0.25) is 0 Å². The average Bonchev–Trinajstić information content (AvgIpc) is 2.71. The third-order valence-corrected chi connectivity index (χ3v) is 4.39. The topological polar surface area (TPSA) is 76.1 Å². The Morgan fingerprint density at radius 1 is 1.07 bits per heavy atom. The summed E-state index contributed by atoms with van der Waals surface area (Å²) in [6.07, 6.45) is 2.21. The number of benzene rings is 2. The van der Waals surface area contributed by atoms with E-state index in [0.29, 0.717) is 18.1 Å². The van der Waals surface area contributed by atoms with Gasteiger partial charge in [0.15, 0.2) is 0 Å². The van der Waals surface area contributed by atoms with Gasteiger partial charge in [0, 0.05) is 18.3 Å². The fraction of sp³-hybridized carbons (Fsp3) is 0.227. The van der Waals surface area contributed by atoms with Crippen LogP contribution in [0.25, 0.3) is 0 Å². The molecule has 0 unspecified atom stereocenters. The molecule has 0 aliphatic rings. The van der Waals surface area contributed by atoms with Crippen molar-refractivity contribution in [2.45, 2.75) is 20.3 Å². The van der Waals surface area contributed by atoms with Crippen molar-refractivity contribution in [3.63, 3.8) is 0 Å². The van der Waals surface area contributed by atoms with Crippen LogP contribution in [0.5, 0.6) is 5.75 Å². The van der Waals surface area contributed by atoms with Crippen LogP contribution in [0.1, 0.15) is 27.2 Å². The number of ether oxygens (including phenoxy) is 1. The minimum atomic E-state index is -0.257. The summed E-state index contributed by atoms with van der Waals surface area (Å²) in [4.78, 5) is 20.8. The van der Waals surface area contributed by atoms with Crippen LogP contribution in [0.2, 0.25) is 0 Å². The number of carbonyl (C=O) groups excluding carboxylic acids is 1. The molecule has 0 aliphatic carbocycles. The Labute approximate surface area is 165 Å². The maximum atomic E-state index is 12.6. The number of aryl methyl sites for hydroxylation is 2. The van der Waals surface area contributed by atoms with Crippen LogP contribution in [0.4, 0.5) is 11.5 Å². The van der Waals surface area contributed by atoms with E-state index in [9.17, 15) is 4.79 Å². The van der Waals surface area contributed by atoms with Gasteiger partial charge in [-0.25, -0.2) is 9.97 Å². The van der Waals surface area contributed by atoms with Crippen molar-refractivity contribution in [2.75, 3.05) is 24.3 Å². The number of rotatable bonds is 7. The zero-order valence-electron chi connectivity index (χ0n) is 16.3. The van der Waals surface area contributed by atoms with Crippen LogP contribution in [0, 0.1) is 13.8 Å². The molecule has 0 saturated carbocycles. The Balaban J connectivity index is 1.61. The zero-order valence-corrected chi connectivity index (χ0v) is 16.3. The molecular weight excluding hydrogens is 352 g/mol. The van der Waals surface area contributed by atoms with Crippen molar-refractivity contribution in [3.05, 3.63) is 77.2 Å². The molecule has 0 aliphatic heterocycles. The quantitative estimate of drug-likeness (QED) is 0.652. The van der Waals surface area contributed by atoms with Crippen molar-refractivity contribution >= 4 is 17.4 Å². The maximum absolute atomic E-state index is 12.6. The Bertz CT molecular complexity index is 972. The van der Waals surface area contributed by atoms with E-state index < -0.39 is 0 Å². The molecule has 0 bridgehead atoms. The Morgan fingerprint density at radius 3 is 2.75 bits per heavy atom. The highest BCUT2D eigenvalue weighted by molar-refractivity contribution is 6.03. The lowest BCUT2D eigenvalue weighted by molar-refractivity contribution is 0.102. The lowest BCUT2D eigenvalue weighted by atomic mass is 10.1. The Kier molecular flexibility index (Phi) is 6.22. The predicted octanol–water partition coefficient (Wildman–Crippen LogP) is 4.01. The smallest absolute Gasteiger partial charge is 0.274 e. The zero-order chi connectivity index (χ0) is 19.9. The summed E-state index contributed by atoms with van der Waals surface area (Å²) in [5.41, 5.74) is 4.36. The second-order valence-electron chi connectivity index (χ2n) is 6.59. The van der Waals surface area contributed by atoms with E-state index >= 15 is 0 Å². The normalized spacial score (nSPS) is 10.4. The third kappa shape index (κ3) is 5.07. The first kappa shape index (κ1) is 19.4. The number of hydrogen-bond donors (Lipinski definition) is 2. The summed E-state index contributed by atoms with van der Waals surface area (Å²) >= 11 is 0. The number of anilines is 2. The number of hydrogen-bond acceptors (Lipinski definition) is 5. The number of carbonyl (C=O) groups is 1. The second-order valence-corrected chi connectivity index (χ2v) is 6.59. The number of nitrogens with one attached hydrogen (secondary N) is 2. The van der Waals surface area contributed by atoms with E-state index in [-0.39, 0.29) is 5.91 Å². The number of aromatic nitrogens is 2. The van der Waals surface area contributed by atoms with Gasteiger partial charge in [0.1, 0.15) is 23.6 Å². The fourth-order valence-corrected chi connectivity index (χ4v) is 2.80. The molecule has 0 radical (unpaired) electrons. The van der Waals surface area contributed by atoms with E-state index in [1.54, 1.807) is 13.2 Å². The largest absolute Gasteiger partial charge is 0.497 e. The van der Waals surface area contributed by atoms with Gasteiger partial charge in [0.05, 0.1) is 7.11 Å². The van der Waals surface area contributed by atoms with E-state index in [0.717, 1.165) is 34.5 Å². The summed E-state index contributed by atoms with van der Waals surface area (Å²) in [7, 11) is 1.66. The summed E-state index contributed by atoms with van der Waals surface area (Å²) in [6.45, 7) is 4.63. The summed E-state index contributed by atoms with van der Waals surface area (Å²) in [5.74, 6) is 1.20. The first-order valence-electron chi connectivity index (χ1n) is 9.12. The van der Waals surface area contributed by atoms with Gasteiger partial charge >= 0.3 is 0 Å². The molecule has 3 rings (SSSR count). The van der Waals surface area contributed by atoms with Crippen molar-refractivity contribution in [2.24, 2.45) is 0 Å².